The van der Waals surface area contributed by atoms with E-state index in [9.17, 15) is 4.79 Å². The first kappa shape index (κ1) is 22.5. The Hall–Kier alpha value is -2.19. The lowest BCUT2D eigenvalue weighted by Crippen LogP contribution is -2.09. The van der Waals surface area contributed by atoms with Gasteiger partial charge in [0.1, 0.15) is 5.82 Å². The Kier molecular flexibility index (Phi) is 7.31. The number of carbonyl (C=O) groups is 1. The molecule has 0 saturated heterocycles. The van der Waals surface area contributed by atoms with Gasteiger partial charge in [-0.05, 0) is 58.7 Å². The lowest BCUT2D eigenvalue weighted by molar-refractivity contribution is 0.102. The maximum absolute atomic E-state index is 12.9. The summed E-state index contributed by atoms with van der Waals surface area (Å²) < 4.78 is 2.06. The van der Waals surface area contributed by atoms with Gasteiger partial charge in [0, 0.05) is 23.5 Å². The van der Waals surface area contributed by atoms with E-state index >= 15 is 0 Å². The number of aromatic nitrogens is 5. The van der Waals surface area contributed by atoms with Crippen LogP contribution in [0.3, 0.4) is 0 Å². The Morgan fingerprint density at radius 1 is 0.933 bits per heavy atom. The molecule has 6 nitrogen and oxygen atoms in total. The molecule has 0 radical (unpaired) electrons. The molecule has 0 unspecified atom stereocenters. The highest BCUT2D eigenvalue weighted by molar-refractivity contribution is 7.99. The molecule has 0 amide bonds. The second-order valence-electron chi connectivity index (χ2n) is 7.35. The van der Waals surface area contributed by atoms with E-state index < -0.39 is 0 Å². The normalized spacial score (nSPS) is 11.1. The minimum absolute atomic E-state index is 0.125. The van der Waals surface area contributed by atoms with Crippen LogP contribution in [0, 0.1) is 34.6 Å². The minimum atomic E-state index is 0.125. The molecule has 0 saturated carbocycles. The average Bonchev–Trinajstić information content (AvgIpc) is 3.05. The van der Waals surface area contributed by atoms with Gasteiger partial charge in [0.15, 0.2) is 16.1 Å². The highest BCUT2D eigenvalue weighted by Crippen LogP contribution is 2.25. The van der Waals surface area contributed by atoms with Crippen LogP contribution >= 0.6 is 23.5 Å². The molecule has 158 valence electrons. The molecule has 2 aromatic heterocycles. The zero-order chi connectivity index (χ0) is 21.8. The number of Topliss-reactive ketones (excluding diaryl/α,β-unsaturated/α-hetero) is 1. The van der Waals surface area contributed by atoms with Crippen molar-refractivity contribution < 1.29 is 4.79 Å². The number of nitrogens with zero attached hydrogens (tertiary/aromatic N) is 5. The smallest absolute Gasteiger partial charge is 0.191 e. The summed E-state index contributed by atoms with van der Waals surface area (Å²) >= 11 is 2.99. The molecular weight excluding hydrogens is 414 g/mol. The van der Waals surface area contributed by atoms with Crippen molar-refractivity contribution in [1.29, 1.82) is 0 Å². The first-order valence-corrected chi connectivity index (χ1v) is 11.9. The molecule has 3 aromatic rings. The molecule has 0 bridgehead atoms. The van der Waals surface area contributed by atoms with Crippen molar-refractivity contribution >= 4 is 29.3 Å². The van der Waals surface area contributed by atoms with Crippen LogP contribution in [0.5, 0.6) is 0 Å². The fourth-order valence-corrected chi connectivity index (χ4v) is 5.34. The summed E-state index contributed by atoms with van der Waals surface area (Å²) in [5.41, 5.74) is 5.96. The van der Waals surface area contributed by atoms with Gasteiger partial charge in [-0.15, -0.1) is 10.2 Å². The summed E-state index contributed by atoms with van der Waals surface area (Å²) in [6.45, 7) is 12.8. The highest BCUT2D eigenvalue weighted by atomic mass is 32.2. The molecule has 2 heterocycles. The summed E-state index contributed by atoms with van der Waals surface area (Å²) in [7, 11) is 0. The van der Waals surface area contributed by atoms with E-state index in [1.807, 2.05) is 33.8 Å². The summed E-state index contributed by atoms with van der Waals surface area (Å²) in [6, 6.07) is 6.08. The van der Waals surface area contributed by atoms with Crippen LogP contribution < -0.4 is 0 Å². The predicted octanol–water partition coefficient (Wildman–Crippen LogP) is 4.90. The maximum Gasteiger partial charge on any atom is 0.191 e. The van der Waals surface area contributed by atoms with Crippen molar-refractivity contribution in [3.05, 3.63) is 57.7 Å². The number of ketones is 1. The molecule has 0 spiro atoms. The molecule has 1 aromatic carbocycles. The van der Waals surface area contributed by atoms with Crippen LogP contribution in [-0.4, -0.2) is 36.3 Å². The van der Waals surface area contributed by atoms with Gasteiger partial charge < -0.3 is 4.57 Å². The van der Waals surface area contributed by atoms with E-state index in [2.05, 4.69) is 50.7 Å². The number of hydrogen-bond acceptors (Lipinski definition) is 7. The van der Waals surface area contributed by atoms with Crippen molar-refractivity contribution in [3.63, 3.8) is 0 Å². The van der Waals surface area contributed by atoms with Crippen LogP contribution in [0.1, 0.15) is 51.2 Å². The van der Waals surface area contributed by atoms with Gasteiger partial charge in [0.2, 0.25) is 0 Å². The van der Waals surface area contributed by atoms with Crippen molar-refractivity contribution in [1.82, 2.24) is 24.7 Å². The lowest BCUT2D eigenvalue weighted by atomic mass is 9.97. The standard InChI is InChI=1S/C22H27N5OS2/c1-7-27-19(12-29-21-23-16(5)10-17(6)24-21)25-26-22(27)30-11-18(28)20-14(3)8-13(2)9-15(20)4/h8-10H,7,11-12H2,1-6H3. The summed E-state index contributed by atoms with van der Waals surface area (Å²) in [4.78, 5) is 21.8. The SMILES string of the molecule is CCn1c(CSc2nc(C)cc(C)n2)nnc1SCC(=O)c1c(C)cc(C)cc1C. The maximum atomic E-state index is 12.9. The largest absolute Gasteiger partial charge is 0.306 e. The third kappa shape index (κ3) is 5.29. The zero-order valence-electron chi connectivity index (χ0n) is 18.3. The third-order valence-electron chi connectivity index (χ3n) is 4.69. The summed E-state index contributed by atoms with van der Waals surface area (Å²) in [6.07, 6.45) is 0. The van der Waals surface area contributed by atoms with Gasteiger partial charge in [-0.3, -0.25) is 4.79 Å². The molecule has 30 heavy (non-hydrogen) atoms. The molecule has 0 aliphatic heterocycles. The van der Waals surface area contributed by atoms with Crippen molar-refractivity contribution in [3.8, 4) is 0 Å². The van der Waals surface area contributed by atoms with Gasteiger partial charge in [0.25, 0.3) is 0 Å². The molecule has 0 aliphatic rings. The van der Waals surface area contributed by atoms with Gasteiger partial charge in [-0.25, -0.2) is 9.97 Å². The Morgan fingerprint density at radius 2 is 1.57 bits per heavy atom. The number of thioether (sulfide) groups is 2. The topological polar surface area (TPSA) is 73.6 Å². The second kappa shape index (κ2) is 9.75. The van der Waals surface area contributed by atoms with Gasteiger partial charge in [0.05, 0.1) is 11.5 Å². The lowest BCUT2D eigenvalue weighted by Gasteiger charge is -2.11. The number of hydrogen-bond donors (Lipinski definition) is 0. The second-order valence-corrected chi connectivity index (χ2v) is 9.24. The van der Waals surface area contributed by atoms with Crippen LogP contribution in [0.15, 0.2) is 28.5 Å². The monoisotopic (exact) mass is 441 g/mol. The summed E-state index contributed by atoms with van der Waals surface area (Å²) in [5, 5.41) is 10.2. The fourth-order valence-electron chi connectivity index (χ4n) is 3.56. The molecule has 0 aliphatic carbocycles. The van der Waals surface area contributed by atoms with E-state index in [4.69, 9.17) is 0 Å². The zero-order valence-corrected chi connectivity index (χ0v) is 19.9. The average molecular weight is 442 g/mol. The Labute approximate surface area is 186 Å². The Balaban J connectivity index is 1.69. The summed E-state index contributed by atoms with van der Waals surface area (Å²) in [5.74, 6) is 1.97. The van der Waals surface area contributed by atoms with E-state index in [1.54, 1.807) is 11.8 Å². The molecular formula is C22H27N5OS2. The van der Waals surface area contributed by atoms with E-state index in [-0.39, 0.29) is 5.78 Å². The fraction of sp³-hybridized carbons (Fsp3) is 0.409. The quantitative estimate of drug-likeness (QED) is 0.280. The van der Waals surface area contributed by atoms with Gasteiger partial charge >= 0.3 is 0 Å². The highest BCUT2D eigenvalue weighted by Gasteiger charge is 2.17. The minimum Gasteiger partial charge on any atom is -0.306 e. The Bertz CT molecular complexity index is 1030. The molecule has 3 rings (SSSR count). The van der Waals surface area contributed by atoms with Crippen LogP contribution in [0.4, 0.5) is 0 Å². The first-order chi connectivity index (χ1) is 14.3. The van der Waals surface area contributed by atoms with E-state index in [0.717, 1.165) is 50.8 Å². The van der Waals surface area contributed by atoms with Crippen molar-refractivity contribution in [2.45, 2.75) is 64.2 Å². The van der Waals surface area contributed by atoms with Gasteiger partial charge in [-0.2, -0.15) is 0 Å². The van der Waals surface area contributed by atoms with Crippen LogP contribution in [0.25, 0.3) is 0 Å². The van der Waals surface area contributed by atoms with E-state index in [0.29, 0.717) is 11.5 Å². The van der Waals surface area contributed by atoms with Crippen LogP contribution in [0.2, 0.25) is 0 Å². The van der Waals surface area contributed by atoms with E-state index in [1.165, 1.54) is 17.3 Å². The van der Waals surface area contributed by atoms with Gasteiger partial charge in [-0.1, -0.05) is 41.2 Å². The number of carbonyl (C=O) groups excluding carboxylic acids is 1. The predicted molar refractivity (Wildman–Crippen MR) is 122 cm³/mol. The van der Waals surface area contributed by atoms with Crippen molar-refractivity contribution in [2.24, 2.45) is 0 Å². The number of rotatable bonds is 8. The molecule has 8 heteroatoms. The molecule has 0 atom stereocenters. The molecule has 0 fully saturated rings. The number of benzene rings is 1. The molecule has 0 N–H and O–H groups in total. The third-order valence-corrected chi connectivity index (χ3v) is 6.50. The first-order valence-electron chi connectivity index (χ1n) is 9.89. The Morgan fingerprint density at radius 3 is 2.17 bits per heavy atom. The number of aryl methyl sites for hydroxylation is 5. The van der Waals surface area contributed by atoms with Crippen LogP contribution in [-0.2, 0) is 12.3 Å². The van der Waals surface area contributed by atoms with Crippen molar-refractivity contribution in [2.75, 3.05) is 5.75 Å².